The predicted molar refractivity (Wildman–Crippen MR) is 65.7 cm³/mol. The molecule has 0 aliphatic carbocycles. The lowest BCUT2D eigenvalue weighted by atomic mass is 10.2. The minimum Gasteiger partial charge on any atom is -0.472 e. The van der Waals surface area contributed by atoms with Crippen molar-refractivity contribution in [2.24, 2.45) is 0 Å². The second-order valence-electron chi connectivity index (χ2n) is 4.10. The van der Waals surface area contributed by atoms with Crippen molar-refractivity contribution in [3.63, 3.8) is 0 Å². The van der Waals surface area contributed by atoms with Gasteiger partial charge in [0.2, 0.25) is 0 Å². The summed E-state index contributed by atoms with van der Waals surface area (Å²) in [4.78, 5) is 6.29. The van der Waals surface area contributed by atoms with Crippen LogP contribution in [0, 0.1) is 0 Å². The Labute approximate surface area is 101 Å². The van der Waals surface area contributed by atoms with Crippen LogP contribution in [0.5, 0.6) is 0 Å². The Hall–Kier alpha value is -1.81. The van der Waals surface area contributed by atoms with E-state index in [1.54, 1.807) is 25.6 Å². The lowest BCUT2D eigenvalue weighted by molar-refractivity contribution is 0.194. The molecule has 0 aliphatic rings. The molecule has 0 saturated heterocycles. The molecule has 0 spiro atoms. The molecule has 0 fully saturated rings. The average Bonchev–Trinajstić information content (AvgIpc) is 2.82. The Morgan fingerprint density at radius 1 is 1.41 bits per heavy atom. The zero-order valence-electron chi connectivity index (χ0n) is 10.00. The summed E-state index contributed by atoms with van der Waals surface area (Å²) in [5, 5.41) is 9.37. The van der Waals surface area contributed by atoms with E-state index in [1.165, 1.54) is 0 Å². The van der Waals surface area contributed by atoms with Crippen LogP contribution in [0.4, 0.5) is 5.69 Å². The van der Waals surface area contributed by atoms with Crippen LogP contribution in [-0.2, 0) is 6.54 Å². The number of aliphatic hydroxyl groups excluding tert-OH is 1. The molecule has 17 heavy (non-hydrogen) atoms. The molecule has 1 atom stereocenters. The van der Waals surface area contributed by atoms with Gasteiger partial charge in [0.1, 0.15) is 0 Å². The molecule has 4 nitrogen and oxygen atoms in total. The van der Waals surface area contributed by atoms with Crippen LogP contribution >= 0.6 is 0 Å². The van der Waals surface area contributed by atoms with Gasteiger partial charge in [0.05, 0.1) is 36.2 Å². The summed E-state index contributed by atoms with van der Waals surface area (Å²) in [5.41, 5.74) is 2.81. The number of aromatic nitrogens is 1. The molecule has 0 saturated carbocycles. The molecule has 0 amide bonds. The summed E-state index contributed by atoms with van der Waals surface area (Å²) in [6, 6.07) is 5.73. The minimum atomic E-state index is -0.525. The van der Waals surface area contributed by atoms with Crippen molar-refractivity contribution in [1.82, 2.24) is 4.98 Å². The number of hydrogen-bond acceptors (Lipinski definition) is 4. The van der Waals surface area contributed by atoms with E-state index in [0.717, 1.165) is 17.8 Å². The lowest BCUT2D eigenvalue weighted by Gasteiger charge is -2.18. The maximum absolute atomic E-state index is 9.37. The number of anilines is 1. The standard InChI is InChI=1S/C13H16N2O2/c1-10(16)13-4-3-12(7-14-13)15(2)8-11-5-6-17-9-11/h3-7,9-10,16H,8H2,1-2H3/t10-/m0/s1. The van der Waals surface area contributed by atoms with Crippen molar-refractivity contribution in [3.8, 4) is 0 Å². The fraction of sp³-hybridized carbons (Fsp3) is 0.308. The number of furan rings is 1. The smallest absolute Gasteiger partial charge is 0.0952 e. The fourth-order valence-corrected chi connectivity index (χ4v) is 1.62. The zero-order chi connectivity index (χ0) is 12.3. The third-order valence-electron chi connectivity index (χ3n) is 2.64. The highest BCUT2D eigenvalue weighted by molar-refractivity contribution is 5.44. The molecule has 2 aromatic heterocycles. The van der Waals surface area contributed by atoms with Crippen molar-refractivity contribution in [1.29, 1.82) is 0 Å². The lowest BCUT2D eigenvalue weighted by Crippen LogP contribution is -2.16. The second kappa shape index (κ2) is 5.01. The first-order chi connectivity index (χ1) is 8.16. The molecular weight excluding hydrogens is 216 g/mol. The highest BCUT2D eigenvalue weighted by atomic mass is 16.3. The summed E-state index contributed by atoms with van der Waals surface area (Å²) in [6.07, 6.45) is 4.64. The van der Waals surface area contributed by atoms with Gasteiger partial charge in [-0.1, -0.05) is 0 Å². The number of aliphatic hydroxyl groups is 1. The van der Waals surface area contributed by atoms with E-state index in [-0.39, 0.29) is 0 Å². The van der Waals surface area contributed by atoms with Crippen molar-refractivity contribution < 1.29 is 9.52 Å². The fourth-order valence-electron chi connectivity index (χ4n) is 1.62. The number of pyridine rings is 1. The summed E-state index contributed by atoms with van der Waals surface area (Å²) in [5.74, 6) is 0. The molecule has 0 aliphatic heterocycles. The first kappa shape index (κ1) is 11.7. The molecule has 0 bridgehead atoms. The third-order valence-corrected chi connectivity index (χ3v) is 2.64. The van der Waals surface area contributed by atoms with Gasteiger partial charge in [0.25, 0.3) is 0 Å². The largest absolute Gasteiger partial charge is 0.472 e. The van der Waals surface area contributed by atoms with Gasteiger partial charge in [-0.3, -0.25) is 4.98 Å². The van der Waals surface area contributed by atoms with E-state index in [2.05, 4.69) is 9.88 Å². The normalized spacial score (nSPS) is 12.4. The monoisotopic (exact) mass is 232 g/mol. The van der Waals surface area contributed by atoms with Gasteiger partial charge >= 0.3 is 0 Å². The average molecular weight is 232 g/mol. The molecular formula is C13H16N2O2. The SMILES string of the molecule is C[C@H](O)c1ccc(N(C)Cc2ccoc2)cn1. The van der Waals surface area contributed by atoms with Gasteiger partial charge < -0.3 is 14.4 Å². The molecule has 2 heterocycles. The Balaban J connectivity index is 2.06. The third kappa shape index (κ3) is 2.85. The summed E-state index contributed by atoms with van der Waals surface area (Å²) >= 11 is 0. The molecule has 0 aromatic carbocycles. The maximum Gasteiger partial charge on any atom is 0.0952 e. The highest BCUT2D eigenvalue weighted by Gasteiger charge is 2.06. The van der Waals surface area contributed by atoms with Crippen LogP contribution in [0.25, 0.3) is 0 Å². The van der Waals surface area contributed by atoms with E-state index in [4.69, 9.17) is 4.42 Å². The quantitative estimate of drug-likeness (QED) is 0.879. The van der Waals surface area contributed by atoms with Crippen molar-refractivity contribution in [2.45, 2.75) is 19.6 Å². The van der Waals surface area contributed by atoms with Gasteiger partial charge in [0.15, 0.2) is 0 Å². The van der Waals surface area contributed by atoms with Crippen molar-refractivity contribution in [3.05, 3.63) is 48.2 Å². The molecule has 4 heteroatoms. The predicted octanol–water partition coefficient (Wildman–Crippen LogP) is 2.36. The second-order valence-corrected chi connectivity index (χ2v) is 4.10. The number of hydrogen-bond donors (Lipinski definition) is 1. The van der Waals surface area contributed by atoms with Crippen LogP contribution < -0.4 is 4.90 Å². The van der Waals surface area contributed by atoms with Gasteiger partial charge in [-0.2, -0.15) is 0 Å². The Kier molecular flexibility index (Phi) is 3.44. The van der Waals surface area contributed by atoms with E-state index >= 15 is 0 Å². The summed E-state index contributed by atoms with van der Waals surface area (Å²) < 4.78 is 5.03. The van der Waals surface area contributed by atoms with Gasteiger partial charge in [0, 0.05) is 19.2 Å². The Morgan fingerprint density at radius 3 is 2.76 bits per heavy atom. The first-order valence-electron chi connectivity index (χ1n) is 5.53. The van der Waals surface area contributed by atoms with E-state index in [0.29, 0.717) is 5.69 Å². The highest BCUT2D eigenvalue weighted by Crippen LogP contribution is 2.17. The minimum absolute atomic E-state index is 0.525. The van der Waals surface area contributed by atoms with Gasteiger partial charge in [-0.15, -0.1) is 0 Å². The van der Waals surface area contributed by atoms with Crippen molar-refractivity contribution >= 4 is 5.69 Å². The van der Waals surface area contributed by atoms with Crippen molar-refractivity contribution in [2.75, 3.05) is 11.9 Å². The number of rotatable bonds is 4. The van der Waals surface area contributed by atoms with Crippen LogP contribution in [0.2, 0.25) is 0 Å². The number of nitrogens with zero attached hydrogens (tertiary/aromatic N) is 2. The zero-order valence-corrected chi connectivity index (χ0v) is 10.00. The van der Waals surface area contributed by atoms with Gasteiger partial charge in [-0.25, -0.2) is 0 Å². The van der Waals surface area contributed by atoms with Gasteiger partial charge in [-0.05, 0) is 25.1 Å². The van der Waals surface area contributed by atoms with Crippen LogP contribution in [0.3, 0.4) is 0 Å². The summed E-state index contributed by atoms with van der Waals surface area (Å²) in [7, 11) is 1.99. The molecule has 2 aromatic rings. The molecule has 0 unspecified atom stereocenters. The summed E-state index contributed by atoms with van der Waals surface area (Å²) in [6.45, 7) is 2.48. The molecule has 0 radical (unpaired) electrons. The van der Waals surface area contributed by atoms with E-state index < -0.39 is 6.10 Å². The topological polar surface area (TPSA) is 49.5 Å². The van der Waals surface area contributed by atoms with E-state index in [1.807, 2.05) is 25.2 Å². The van der Waals surface area contributed by atoms with E-state index in [9.17, 15) is 5.11 Å². The van der Waals surface area contributed by atoms with Crippen LogP contribution in [-0.4, -0.2) is 17.1 Å². The van der Waals surface area contributed by atoms with Crippen LogP contribution in [0.1, 0.15) is 24.3 Å². The molecule has 1 N–H and O–H groups in total. The van der Waals surface area contributed by atoms with Crippen LogP contribution in [0.15, 0.2) is 41.3 Å². The maximum atomic E-state index is 9.37. The molecule has 90 valence electrons. The Morgan fingerprint density at radius 2 is 2.24 bits per heavy atom. The Bertz CT molecular complexity index is 449. The molecule has 2 rings (SSSR count). The first-order valence-corrected chi connectivity index (χ1v) is 5.53.